The lowest BCUT2D eigenvalue weighted by molar-refractivity contribution is -0.143. The fourth-order valence-electron chi connectivity index (χ4n) is 0.761. The van der Waals surface area contributed by atoms with Gasteiger partial charge in [0.15, 0.2) is 6.86 Å². The predicted molar refractivity (Wildman–Crippen MR) is 77.9 cm³/mol. The molecule has 1 saturated carbocycles. The summed E-state index contributed by atoms with van der Waals surface area (Å²) < 4.78 is 20.5. The Morgan fingerprint density at radius 1 is 1.25 bits per heavy atom. The molecule has 0 heterocycles. The second-order valence-electron chi connectivity index (χ2n) is 3.48. The normalized spacial score (nSPS) is 10.4. The van der Waals surface area contributed by atoms with Gasteiger partial charge in [0.1, 0.15) is 0 Å². The molecule has 0 spiro atoms. The Morgan fingerprint density at radius 2 is 1.75 bits per heavy atom. The SMILES string of the molecule is C1CC1.CC.CCOC(=O)CCCCOCF.NC=O. The van der Waals surface area contributed by atoms with E-state index in [0.29, 0.717) is 32.5 Å². The number of ether oxygens (including phenoxy) is 2. The van der Waals surface area contributed by atoms with Crippen LogP contribution >= 0.6 is 0 Å². The number of alkyl halides is 1. The van der Waals surface area contributed by atoms with Gasteiger partial charge in [-0.25, -0.2) is 4.39 Å². The van der Waals surface area contributed by atoms with Crippen molar-refractivity contribution >= 4 is 12.4 Å². The minimum Gasteiger partial charge on any atom is -0.466 e. The van der Waals surface area contributed by atoms with Crippen LogP contribution in [0.25, 0.3) is 0 Å². The van der Waals surface area contributed by atoms with Gasteiger partial charge in [0.25, 0.3) is 0 Å². The Hall–Kier alpha value is -1.17. The summed E-state index contributed by atoms with van der Waals surface area (Å²) in [6.07, 6.45) is 6.53. The highest BCUT2D eigenvalue weighted by molar-refractivity contribution is 5.69. The van der Waals surface area contributed by atoms with E-state index in [1.54, 1.807) is 6.92 Å². The van der Waals surface area contributed by atoms with Crippen LogP contribution in [0.4, 0.5) is 4.39 Å². The van der Waals surface area contributed by atoms with E-state index in [1.807, 2.05) is 13.8 Å². The highest BCUT2D eigenvalue weighted by atomic mass is 19.1. The Morgan fingerprint density at radius 3 is 2.10 bits per heavy atom. The summed E-state index contributed by atoms with van der Waals surface area (Å²) in [4.78, 5) is 19.3. The molecule has 0 aromatic heterocycles. The van der Waals surface area contributed by atoms with Crippen LogP contribution in [0.1, 0.15) is 59.3 Å². The Bertz CT molecular complexity index is 187. The number of esters is 1. The van der Waals surface area contributed by atoms with Crippen LogP contribution in [0, 0.1) is 0 Å². The highest BCUT2D eigenvalue weighted by Gasteiger charge is 1.99. The standard InChI is InChI=1S/C8H15FO3.C3H6.C2H6.CH3NO/c1-2-12-8(10)5-3-4-6-11-7-9;1-2-3-1;1-2;2-1-3/h2-7H2,1H3;1-3H2;1-2H3;1H,(H2,2,3). The van der Waals surface area contributed by atoms with Crippen molar-refractivity contribution in [3.05, 3.63) is 0 Å². The lowest BCUT2D eigenvalue weighted by Gasteiger charge is -2.00. The molecule has 0 radical (unpaired) electrons. The van der Waals surface area contributed by atoms with Gasteiger partial charge >= 0.3 is 5.97 Å². The van der Waals surface area contributed by atoms with Gasteiger partial charge in [-0.15, -0.1) is 0 Å². The van der Waals surface area contributed by atoms with Gasteiger partial charge in [0.2, 0.25) is 6.41 Å². The number of halogens is 1. The molecule has 0 aliphatic heterocycles. The molecule has 122 valence electrons. The van der Waals surface area contributed by atoms with Crippen LogP contribution in [-0.4, -0.2) is 32.5 Å². The van der Waals surface area contributed by atoms with E-state index < -0.39 is 6.86 Å². The third-order valence-electron chi connectivity index (χ3n) is 1.66. The Kier molecular flexibility index (Phi) is 31.5. The third-order valence-corrected chi connectivity index (χ3v) is 1.66. The van der Waals surface area contributed by atoms with Gasteiger partial charge < -0.3 is 15.2 Å². The maximum Gasteiger partial charge on any atom is 0.305 e. The van der Waals surface area contributed by atoms with Crippen molar-refractivity contribution in [3.63, 3.8) is 0 Å². The topological polar surface area (TPSA) is 78.6 Å². The molecule has 0 unspecified atom stereocenters. The van der Waals surface area contributed by atoms with Crippen molar-refractivity contribution in [3.8, 4) is 0 Å². The fourth-order valence-corrected chi connectivity index (χ4v) is 0.761. The molecule has 0 aromatic rings. The molecule has 1 fully saturated rings. The summed E-state index contributed by atoms with van der Waals surface area (Å²) in [6.45, 7) is 5.80. The molecule has 20 heavy (non-hydrogen) atoms. The smallest absolute Gasteiger partial charge is 0.305 e. The van der Waals surface area contributed by atoms with Crippen LogP contribution in [-0.2, 0) is 19.1 Å². The molecule has 1 amide bonds. The van der Waals surface area contributed by atoms with Crippen LogP contribution < -0.4 is 5.73 Å². The third kappa shape index (κ3) is 43.6. The highest BCUT2D eigenvalue weighted by Crippen LogP contribution is 2.14. The molecule has 5 nitrogen and oxygen atoms in total. The summed E-state index contributed by atoms with van der Waals surface area (Å²) in [7, 11) is 0. The number of primary amides is 1. The largest absolute Gasteiger partial charge is 0.466 e. The van der Waals surface area contributed by atoms with Crippen molar-refractivity contribution in [2.75, 3.05) is 20.1 Å². The number of hydrogen-bond acceptors (Lipinski definition) is 4. The summed E-state index contributed by atoms with van der Waals surface area (Å²) in [5.74, 6) is -0.197. The molecule has 6 heteroatoms. The molecular formula is C14H30FNO4. The van der Waals surface area contributed by atoms with Crippen molar-refractivity contribution < 1.29 is 23.5 Å². The minimum absolute atomic E-state index is 0.197. The molecule has 1 rings (SSSR count). The van der Waals surface area contributed by atoms with E-state index in [4.69, 9.17) is 9.53 Å². The first-order valence-electron chi connectivity index (χ1n) is 7.17. The first kappa shape index (κ1) is 23.9. The number of carbonyl (C=O) groups is 2. The van der Waals surface area contributed by atoms with Gasteiger partial charge in [0.05, 0.1) is 6.61 Å². The first-order chi connectivity index (χ1) is 9.72. The quantitative estimate of drug-likeness (QED) is 0.445. The first-order valence-corrected chi connectivity index (χ1v) is 7.17. The molecule has 2 N–H and O–H groups in total. The fraction of sp³-hybridized carbons (Fsp3) is 0.857. The molecule has 0 saturated heterocycles. The van der Waals surface area contributed by atoms with Crippen LogP contribution in [0.15, 0.2) is 0 Å². The van der Waals surface area contributed by atoms with Crippen molar-refractivity contribution in [1.29, 1.82) is 0 Å². The van der Waals surface area contributed by atoms with Crippen LogP contribution in [0.2, 0.25) is 0 Å². The number of hydrogen-bond donors (Lipinski definition) is 1. The molecule has 1 aliphatic rings. The lowest BCUT2D eigenvalue weighted by atomic mass is 10.2. The summed E-state index contributed by atoms with van der Waals surface area (Å²) in [6, 6.07) is 0. The average molecular weight is 295 g/mol. The van der Waals surface area contributed by atoms with Gasteiger partial charge in [0, 0.05) is 13.0 Å². The van der Waals surface area contributed by atoms with Gasteiger partial charge in [-0.1, -0.05) is 33.1 Å². The molecule has 0 bridgehead atoms. The Balaban J connectivity index is -0.000000293. The average Bonchev–Trinajstić information content (AvgIpc) is 3.30. The van der Waals surface area contributed by atoms with E-state index in [-0.39, 0.29) is 12.4 Å². The number of nitrogens with two attached hydrogens (primary N) is 1. The molecule has 0 atom stereocenters. The number of carbonyl (C=O) groups excluding carboxylic acids is 2. The predicted octanol–water partition coefficient (Wildman–Crippen LogP) is 2.96. The lowest BCUT2D eigenvalue weighted by Crippen LogP contribution is -2.04. The molecular weight excluding hydrogens is 265 g/mol. The van der Waals surface area contributed by atoms with Crippen molar-refractivity contribution in [2.45, 2.75) is 59.3 Å². The van der Waals surface area contributed by atoms with E-state index in [1.165, 1.54) is 19.3 Å². The van der Waals surface area contributed by atoms with Crippen LogP contribution in [0.3, 0.4) is 0 Å². The Labute approximate surface area is 122 Å². The second kappa shape index (κ2) is 26.4. The maximum atomic E-state index is 11.4. The zero-order valence-electron chi connectivity index (χ0n) is 13.0. The zero-order valence-corrected chi connectivity index (χ0v) is 13.0. The van der Waals surface area contributed by atoms with Crippen molar-refractivity contribution in [2.24, 2.45) is 5.73 Å². The van der Waals surface area contributed by atoms with Crippen molar-refractivity contribution in [1.82, 2.24) is 0 Å². The van der Waals surface area contributed by atoms with E-state index in [2.05, 4.69) is 10.5 Å². The van der Waals surface area contributed by atoms with Gasteiger partial charge in [-0.3, -0.25) is 9.59 Å². The summed E-state index contributed by atoms with van der Waals surface area (Å²) >= 11 is 0. The number of unbranched alkanes of at least 4 members (excludes halogenated alkanes) is 1. The number of amides is 1. The van der Waals surface area contributed by atoms with E-state index >= 15 is 0 Å². The molecule has 0 aromatic carbocycles. The zero-order chi connectivity index (χ0) is 16.1. The minimum atomic E-state index is -0.751. The second-order valence-corrected chi connectivity index (χ2v) is 3.48. The van der Waals surface area contributed by atoms with E-state index in [0.717, 1.165) is 0 Å². The summed E-state index contributed by atoms with van der Waals surface area (Å²) in [5.41, 5.74) is 4.17. The van der Waals surface area contributed by atoms with E-state index in [9.17, 15) is 9.18 Å². The number of rotatable bonds is 7. The maximum absolute atomic E-state index is 11.4. The molecule has 1 aliphatic carbocycles. The monoisotopic (exact) mass is 295 g/mol. The van der Waals surface area contributed by atoms with Crippen LogP contribution in [0.5, 0.6) is 0 Å². The van der Waals surface area contributed by atoms with Gasteiger partial charge in [-0.05, 0) is 19.8 Å². The van der Waals surface area contributed by atoms with Gasteiger partial charge in [-0.2, -0.15) is 0 Å². The summed E-state index contributed by atoms with van der Waals surface area (Å²) in [5, 5.41) is 0.